The summed E-state index contributed by atoms with van der Waals surface area (Å²) in [5, 5.41) is 16.1. The fourth-order valence-electron chi connectivity index (χ4n) is 6.15. The molecule has 180 valence electrons. The quantitative estimate of drug-likeness (QED) is 0.349. The molecule has 4 fully saturated rings. The molecule has 10 nitrogen and oxygen atoms in total. The van der Waals surface area contributed by atoms with Crippen LogP contribution in [0.5, 0.6) is 5.75 Å². The third kappa shape index (κ3) is 4.69. The van der Waals surface area contributed by atoms with Gasteiger partial charge < -0.3 is 10.1 Å². The van der Waals surface area contributed by atoms with Crippen molar-refractivity contribution in [3.05, 3.63) is 44.7 Å². The summed E-state index contributed by atoms with van der Waals surface area (Å²) in [6.45, 7) is -0.369. The molecule has 1 aromatic heterocycles. The number of nitrogens with one attached hydrogen (secondary N) is 3. The maximum Gasteiger partial charge on any atom is 0.354 e. The lowest BCUT2D eigenvalue weighted by molar-refractivity contribution is -0.383. The fourth-order valence-corrected chi connectivity index (χ4v) is 6.61. The largest absolute Gasteiger partial charge is 0.482 e. The number of amides is 1. The minimum atomic E-state index is -0.575. The highest BCUT2D eigenvalue weighted by Gasteiger charge is 2.51. The maximum absolute atomic E-state index is 12.2. The Bertz CT molecular complexity index is 1100. The first kappa shape index (κ1) is 22.9. The first-order valence-electron chi connectivity index (χ1n) is 11.2. The van der Waals surface area contributed by atoms with Crippen LogP contribution in [0.25, 0.3) is 0 Å². The van der Waals surface area contributed by atoms with E-state index in [0.29, 0.717) is 22.8 Å². The van der Waals surface area contributed by atoms with Crippen LogP contribution in [0.4, 0.5) is 17.3 Å². The van der Waals surface area contributed by atoms with Crippen molar-refractivity contribution in [1.29, 1.82) is 0 Å². The Hall–Kier alpha value is -2.85. The molecule has 6 rings (SSSR count). The average molecular weight is 507 g/mol. The Morgan fingerprint density at radius 1 is 1.12 bits per heavy atom. The molecule has 4 bridgehead atoms. The van der Waals surface area contributed by atoms with Crippen molar-refractivity contribution in [1.82, 2.24) is 15.4 Å². The number of hydrogen-bond acceptors (Lipinski definition) is 8. The number of hydrogen-bond donors (Lipinski definition) is 3. The van der Waals surface area contributed by atoms with Crippen molar-refractivity contribution >= 4 is 46.4 Å². The lowest BCUT2D eigenvalue weighted by Crippen LogP contribution is -2.55. The Morgan fingerprint density at radius 3 is 2.38 bits per heavy atom. The molecule has 4 aliphatic rings. The topological polar surface area (TPSA) is 131 Å². The van der Waals surface area contributed by atoms with Gasteiger partial charge in [0.25, 0.3) is 5.91 Å². The predicted molar refractivity (Wildman–Crippen MR) is 127 cm³/mol. The van der Waals surface area contributed by atoms with E-state index in [-0.39, 0.29) is 40.2 Å². The minimum Gasteiger partial charge on any atom is -0.482 e. The second-order valence-electron chi connectivity index (χ2n) is 9.54. The minimum absolute atomic E-state index is 0.106. The number of nitrogens with zero attached hydrogens (tertiary/aromatic N) is 3. The molecule has 0 spiro atoms. The summed E-state index contributed by atoms with van der Waals surface area (Å²) in [7, 11) is 0. The van der Waals surface area contributed by atoms with Crippen molar-refractivity contribution in [3.63, 3.8) is 0 Å². The second-order valence-corrected chi connectivity index (χ2v) is 10.4. The number of halogens is 2. The zero-order chi connectivity index (χ0) is 23.9. The third-order valence-corrected chi connectivity index (χ3v) is 7.53. The Kier molecular flexibility index (Phi) is 6.11. The van der Waals surface area contributed by atoms with Crippen LogP contribution in [-0.2, 0) is 4.79 Å². The van der Waals surface area contributed by atoms with Gasteiger partial charge in [0.2, 0.25) is 11.6 Å². The molecule has 34 heavy (non-hydrogen) atoms. The van der Waals surface area contributed by atoms with Gasteiger partial charge in [-0.05, 0) is 74.5 Å². The van der Waals surface area contributed by atoms with Gasteiger partial charge in [-0.2, -0.15) is 0 Å². The normalized spacial score (nSPS) is 26.7. The molecule has 0 aliphatic heterocycles. The zero-order valence-electron chi connectivity index (χ0n) is 18.2. The SMILES string of the molecule is O=C(COc1ccc(Cl)cc1Cl)NNc1ncnc(NC23CC4CC(CC(C4)C2)C3)c1[N+](=O)[O-]. The molecule has 4 saturated carbocycles. The van der Waals surface area contributed by atoms with Gasteiger partial charge in [-0.1, -0.05) is 23.2 Å². The molecule has 1 heterocycles. The maximum atomic E-state index is 12.2. The van der Waals surface area contributed by atoms with Crippen LogP contribution in [0.15, 0.2) is 24.5 Å². The summed E-state index contributed by atoms with van der Waals surface area (Å²) in [5.74, 6) is 1.79. The monoisotopic (exact) mass is 506 g/mol. The zero-order valence-corrected chi connectivity index (χ0v) is 19.7. The van der Waals surface area contributed by atoms with Crippen molar-refractivity contribution in [2.45, 2.75) is 44.1 Å². The number of carbonyl (C=O) groups excluding carboxylic acids is 1. The van der Waals surface area contributed by atoms with Gasteiger partial charge in [-0.25, -0.2) is 9.97 Å². The van der Waals surface area contributed by atoms with Gasteiger partial charge in [0, 0.05) is 10.6 Å². The molecule has 0 radical (unpaired) electrons. The Morgan fingerprint density at radius 2 is 1.76 bits per heavy atom. The molecular formula is C22H24Cl2N6O4. The van der Waals surface area contributed by atoms with E-state index in [9.17, 15) is 14.9 Å². The molecular weight excluding hydrogens is 483 g/mol. The lowest BCUT2D eigenvalue weighted by Gasteiger charge is -2.57. The predicted octanol–water partition coefficient (Wildman–Crippen LogP) is 4.59. The summed E-state index contributed by atoms with van der Waals surface area (Å²) in [4.78, 5) is 31.8. The standard InChI is InChI=1S/C22H24Cl2N6O4/c23-15-1-2-17(16(24)6-15)34-10-18(31)28-29-21-19(30(32)33)20(25-11-26-21)27-22-7-12-3-13(8-22)5-14(4-12)9-22/h1-2,6,11-14H,3-5,7-10H2,(H,28,31)(H2,25,26,27,29). The highest BCUT2D eigenvalue weighted by molar-refractivity contribution is 6.35. The number of ether oxygens (including phenoxy) is 1. The Labute approximate surface area is 205 Å². The number of hydrazine groups is 1. The Balaban J connectivity index is 1.26. The summed E-state index contributed by atoms with van der Waals surface area (Å²) >= 11 is 11.9. The van der Waals surface area contributed by atoms with E-state index in [1.165, 1.54) is 31.7 Å². The van der Waals surface area contributed by atoms with Gasteiger partial charge in [-0.15, -0.1) is 0 Å². The van der Waals surface area contributed by atoms with Crippen LogP contribution >= 0.6 is 23.2 Å². The molecule has 0 atom stereocenters. The van der Waals surface area contributed by atoms with Crippen LogP contribution in [-0.4, -0.2) is 32.9 Å². The van der Waals surface area contributed by atoms with Crippen molar-refractivity contribution in [2.75, 3.05) is 17.3 Å². The number of aromatic nitrogens is 2. The summed E-state index contributed by atoms with van der Waals surface area (Å²) in [6, 6.07) is 4.63. The van der Waals surface area contributed by atoms with Crippen LogP contribution < -0.4 is 20.9 Å². The molecule has 4 aliphatic carbocycles. The van der Waals surface area contributed by atoms with E-state index in [0.717, 1.165) is 19.3 Å². The second kappa shape index (κ2) is 9.07. The first-order valence-corrected chi connectivity index (χ1v) is 12.0. The number of nitro groups is 1. The van der Waals surface area contributed by atoms with Gasteiger partial charge >= 0.3 is 5.69 Å². The average Bonchev–Trinajstić information content (AvgIpc) is 2.75. The van der Waals surface area contributed by atoms with Gasteiger partial charge in [0.15, 0.2) is 6.61 Å². The van der Waals surface area contributed by atoms with E-state index in [4.69, 9.17) is 27.9 Å². The summed E-state index contributed by atoms with van der Waals surface area (Å²) in [6.07, 6.45) is 8.03. The fraction of sp³-hybridized carbons (Fsp3) is 0.500. The van der Waals surface area contributed by atoms with E-state index in [2.05, 4.69) is 26.1 Å². The van der Waals surface area contributed by atoms with Crippen LogP contribution in [0, 0.1) is 27.9 Å². The molecule has 3 N–H and O–H groups in total. The molecule has 1 amide bonds. The van der Waals surface area contributed by atoms with E-state index < -0.39 is 10.8 Å². The van der Waals surface area contributed by atoms with E-state index in [1.54, 1.807) is 12.1 Å². The number of rotatable bonds is 8. The van der Waals surface area contributed by atoms with Crippen LogP contribution in [0.2, 0.25) is 10.0 Å². The lowest BCUT2D eigenvalue weighted by atomic mass is 9.53. The van der Waals surface area contributed by atoms with Crippen molar-refractivity contribution < 1.29 is 14.5 Å². The van der Waals surface area contributed by atoms with Crippen LogP contribution in [0.1, 0.15) is 38.5 Å². The van der Waals surface area contributed by atoms with Crippen LogP contribution in [0.3, 0.4) is 0 Å². The molecule has 2 aromatic rings. The molecule has 0 saturated heterocycles. The number of carbonyl (C=O) groups is 1. The molecule has 12 heteroatoms. The van der Waals surface area contributed by atoms with E-state index >= 15 is 0 Å². The summed E-state index contributed by atoms with van der Waals surface area (Å²) in [5.41, 5.74) is 4.44. The third-order valence-electron chi connectivity index (χ3n) is 7.00. The van der Waals surface area contributed by atoms with Gasteiger partial charge in [0.05, 0.1) is 9.95 Å². The highest BCUT2D eigenvalue weighted by Crippen LogP contribution is 2.57. The van der Waals surface area contributed by atoms with Crippen molar-refractivity contribution in [3.8, 4) is 5.75 Å². The first-order chi connectivity index (χ1) is 16.3. The van der Waals surface area contributed by atoms with E-state index in [1.807, 2.05) is 0 Å². The highest BCUT2D eigenvalue weighted by atomic mass is 35.5. The van der Waals surface area contributed by atoms with Crippen molar-refractivity contribution in [2.24, 2.45) is 17.8 Å². The molecule has 1 aromatic carbocycles. The number of benzene rings is 1. The summed E-state index contributed by atoms with van der Waals surface area (Å²) < 4.78 is 5.38. The van der Waals surface area contributed by atoms with Gasteiger partial charge in [0.1, 0.15) is 12.1 Å². The van der Waals surface area contributed by atoms with Gasteiger partial charge in [-0.3, -0.25) is 25.8 Å². The number of anilines is 2. The smallest absolute Gasteiger partial charge is 0.354 e. The molecule has 0 unspecified atom stereocenters.